The summed E-state index contributed by atoms with van der Waals surface area (Å²) in [6.07, 6.45) is 9.50. The molecule has 0 radical (unpaired) electrons. The molecule has 10 nitrogen and oxygen atoms in total. The highest BCUT2D eigenvalue weighted by atomic mass is 16.5. The summed E-state index contributed by atoms with van der Waals surface area (Å²) in [5, 5.41) is 3.07. The molecule has 1 N–H and O–H groups in total. The lowest BCUT2D eigenvalue weighted by Crippen LogP contribution is -2.60. The van der Waals surface area contributed by atoms with E-state index in [1.165, 1.54) is 0 Å². The van der Waals surface area contributed by atoms with Crippen molar-refractivity contribution < 1.29 is 23.9 Å². The summed E-state index contributed by atoms with van der Waals surface area (Å²) in [5.74, 6) is 2.07. The highest BCUT2D eigenvalue weighted by Gasteiger charge is 2.43. The normalized spacial score (nSPS) is 23.0. The van der Waals surface area contributed by atoms with Gasteiger partial charge in [0, 0.05) is 57.5 Å². The first-order chi connectivity index (χ1) is 21.8. The number of nitrogens with one attached hydrogen (secondary N) is 1. The predicted molar refractivity (Wildman–Crippen MR) is 170 cm³/mol. The van der Waals surface area contributed by atoms with E-state index in [2.05, 4.69) is 21.3 Å². The minimum absolute atomic E-state index is 0.00414. The van der Waals surface area contributed by atoms with Crippen molar-refractivity contribution in [2.45, 2.75) is 70.8 Å². The van der Waals surface area contributed by atoms with E-state index in [1.54, 1.807) is 20.4 Å². The number of pyridine rings is 1. The maximum absolute atomic E-state index is 13.9. The van der Waals surface area contributed by atoms with Crippen molar-refractivity contribution in [2.24, 2.45) is 11.8 Å². The minimum Gasteiger partial charge on any atom is -0.493 e. The summed E-state index contributed by atoms with van der Waals surface area (Å²) < 4.78 is 13.3. The van der Waals surface area contributed by atoms with Gasteiger partial charge in [-0.05, 0) is 86.1 Å². The molecule has 10 heteroatoms. The number of rotatable bonds is 4. The number of hydrogen-bond acceptors (Lipinski definition) is 6. The van der Waals surface area contributed by atoms with Crippen molar-refractivity contribution >= 4 is 23.4 Å². The molecule has 3 aliphatic rings. The Morgan fingerprint density at radius 2 is 1.91 bits per heavy atom. The van der Waals surface area contributed by atoms with Crippen LogP contribution < -0.4 is 14.8 Å². The summed E-state index contributed by atoms with van der Waals surface area (Å²) in [5.41, 5.74) is 4.91. The molecule has 2 fully saturated rings. The number of aromatic nitrogens is 2. The Kier molecular flexibility index (Phi) is 9.28. The SMILES string of the molecule is COc1cc2cc(c1OC)CCCNC(=O)CCC[C@H]1[C@@H]3C[C@@H](CN(C(=O)Cc4cnc5c(C)cccn45)C3)CN1C(=O)CC2. The molecule has 3 aromatic rings. The van der Waals surface area contributed by atoms with Gasteiger partial charge in [-0.25, -0.2) is 4.98 Å². The van der Waals surface area contributed by atoms with Crippen molar-refractivity contribution in [3.63, 3.8) is 0 Å². The molecule has 240 valence electrons. The zero-order chi connectivity index (χ0) is 31.5. The number of fused-ring (bicyclic) bond motifs is 7. The minimum atomic E-state index is 0.00414. The van der Waals surface area contributed by atoms with Gasteiger partial charge < -0.3 is 29.0 Å². The van der Waals surface area contributed by atoms with E-state index in [9.17, 15) is 14.4 Å². The van der Waals surface area contributed by atoms with E-state index in [-0.39, 0.29) is 35.6 Å². The van der Waals surface area contributed by atoms with Crippen molar-refractivity contribution in [3.05, 3.63) is 59.0 Å². The second-order valence-electron chi connectivity index (χ2n) is 12.9. The van der Waals surface area contributed by atoms with Gasteiger partial charge >= 0.3 is 0 Å². The van der Waals surface area contributed by atoms with Crippen molar-refractivity contribution in [1.29, 1.82) is 0 Å². The zero-order valence-electron chi connectivity index (χ0n) is 26.7. The fourth-order valence-electron chi connectivity index (χ4n) is 7.71. The molecule has 3 atom stereocenters. The molecular formula is C35H45N5O5. The van der Waals surface area contributed by atoms with Gasteiger partial charge in [-0.15, -0.1) is 0 Å². The fraction of sp³-hybridized carbons (Fsp3) is 0.543. The Hall–Kier alpha value is -4.08. The standard InChI is InChI=1S/C35H45N5O5/c1-23-7-6-14-39-28(19-37-35(23)39)18-33(43)38-20-25-16-27(22-38)29-9-4-10-31(41)36-13-5-8-26-15-24(11-12-32(42)40(29)21-25)17-30(44-2)34(26)45-3/h6-7,14-15,17,19,25,27,29H,4-5,8-13,16,18,20-22H2,1-3H3,(H,36,41)/t25-,27+,29-/m0/s1. The smallest absolute Gasteiger partial charge is 0.228 e. The Morgan fingerprint density at radius 1 is 1.04 bits per heavy atom. The number of ether oxygens (including phenoxy) is 2. The third-order valence-electron chi connectivity index (χ3n) is 9.87. The van der Waals surface area contributed by atoms with Crippen LogP contribution in [0.5, 0.6) is 11.5 Å². The number of hydrogen-bond donors (Lipinski definition) is 1. The number of amides is 3. The van der Waals surface area contributed by atoms with Crippen LogP contribution in [0.25, 0.3) is 5.65 Å². The van der Waals surface area contributed by atoms with E-state index in [4.69, 9.17) is 9.47 Å². The second kappa shape index (κ2) is 13.5. The van der Waals surface area contributed by atoms with Gasteiger partial charge in [0.2, 0.25) is 17.7 Å². The molecular weight excluding hydrogens is 570 g/mol. The first-order valence-electron chi connectivity index (χ1n) is 16.3. The number of nitrogens with zero attached hydrogens (tertiary/aromatic N) is 4. The number of carbonyl (C=O) groups excluding carboxylic acids is 3. The van der Waals surface area contributed by atoms with Crippen LogP contribution in [0.4, 0.5) is 0 Å². The number of carbonyl (C=O) groups is 3. The molecule has 5 heterocycles. The summed E-state index contributed by atoms with van der Waals surface area (Å²) in [4.78, 5) is 48.9. The van der Waals surface area contributed by atoms with Gasteiger partial charge in [0.15, 0.2) is 11.5 Å². The van der Waals surface area contributed by atoms with Crippen molar-refractivity contribution in [1.82, 2.24) is 24.5 Å². The Morgan fingerprint density at radius 3 is 2.73 bits per heavy atom. The lowest BCUT2D eigenvalue weighted by Gasteiger charge is -2.51. The first kappa shape index (κ1) is 30.9. The fourth-order valence-corrected chi connectivity index (χ4v) is 7.71. The number of piperidine rings is 2. The number of benzene rings is 1. The number of methoxy groups -OCH3 is 2. The van der Waals surface area contributed by atoms with E-state index < -0.39 is 0 Å². The van der Waals surface area contributed by atoms with Crippen LogP contribution in [0.2, 0.25) is 0 Å². The highest BCUT2D eigenvalue weighted by Crippen LogP contribution is 2.37. The molecule has 0 aliphatic carbocycles. The molecule has 2 aromatic heterocycles. The molecule has 4 bridgehead atoms. The van der Waals surface area contributed by atoms with Gasteiger partial charge in [-0.2, -0.15) is 0 Å². The van der Waals surface area contributed by atoms with Crippen LogP contribution in [-0.2, 0) is 33.6 Å². The van der Waals surface area contributed by atoms with Gasteiger partial charge in [0.1, 0.15) is 5.65 Å². The van der Waals surface area contributed by atoms with E-state index in [0.29, 0.717) is 69.8 Å². The molecule has 6 rings (SSSR count). The third kappa shape index (κ3) is 6.65. The summed E-state index contributed by atoms with van der Waals surface area (Å²) >= 11 is 0. The van der Waals surface area contributed by atoms with Crippen molar-refractivity contribution in [3.8, 4) is 11.5 Å². The van der Waals surface area contributed by atoms with Gasteiger partial charge in [0.25, 0.3) is 0 Å². The molecule has 0 unspecified atom stereocenters. The van der Waals surface area contributed by atoms with E-state index in [0.717, 1.165) is 53.7 Å². The monoisotopic (exact) mass is 615 g/mol. The van der Waals surface area contributed by atoms with Gasteiger partial charge in [0.05, 0.1) is 26.3 Å². The van der Waals surface area contributed by atoms with Crippen LogP contribution in [0, 0.1) is 18.8 Å². The van der Waals surface area contributed by atoms with E-state index >= 15 is 0 Å². The Bertz CT molecular complexity index is 1570. The average molecular weight is 616 g/mol. The van der Waals surface area contributed by atoms with Gasteiger partial charge in [-0.3, -0.25) is 14.4 Å². The molecule has 0 saturated carbocycles. The Labute approximate surface area is 265 Å². The van der Waals surface area contributed by atoms with E-state index in [1.807, 2.05) is 40.6 Å². The summed E-state index contributed by atoms with van der Waals surface area (Å²) in [6, 6.07) is 8.09. The quantitative estimate of drug-likeness (QED) is 0.480. The Balaban J connectivity index is 1.20. The summed E-state index contributed by atoms with van der Waals surface area (Å²) in [6.45, 7) is 4.54. The van der Waals surface area contributed by atoms with Crippen molar-refractivity contribution in [2.75, 3.05) is 40.4 Å². The maximum atomic E-state index is 13.9. The molecule has 1 aromatic carbocycles. The maximum Gasteiger partial charge on any atom is 0.228 e. The number of imidazole rings is 1. The molecule has 2 saturated heterocycles. The lowest BCUT2D eigenvalue weighted by atomic mass is 9.77. The average Bonchev–Trinajstić information content (AvgIpc) is 3.45. The topological polar surface area (TPSA) is 105 Å². The molecule has 3 aliphatic heterocycles. The number of aryl methyl sites for hydroxylation is 3. The molecule has 45 heavy (non-hydrogen) atoms. The van der Waals surface area contributed by atoms with Crippen LogP contribution in [0.3, 0.4) is 0 Å². The molecule has 0 spiro atoms. The third-order valence-corrected chi connectivity index (χ3v) is 9.87. The van der Waals surface area contributed by atoms with Crippen LogP contribution in [-0.4, -0.2) is 83.3 Å². The zero-order valence-corrected chi connectivity index (χ0v) is 26.7. The number of likely N-dealkylation sites (tertiary alicyclic amines) is 1. The van der Waals surface area contributed by atoms with Crippen LogP contribution in [0.15, 0.2) is 36.7 Å². The predicted octanol–water partition coefficient (Wildman–Crippen LogP) is 3.74. The summed E-state index contributed by atoms with van der Waals surface area (Å²) in [7, 11) is 3.27. The van der Waals surface area contributed by atoms with Crippen LogP contribution >= 0.6 is 0 Å². The highest BCUT2D eigenvalue weighted by molar-refractivity contribution is 5.80. The molecule has 3 amide bonds. The second-order valence-corrected chi connectivity index (χ2v) is 12.9. The van der Waals surface area contributed by atoms with Gasteiger partial charge in [-0.1, -0.05) is 12.1 Å². The first-order valence-corrected chi connectivity index (χ1v) is 16.3. The lowest BCUT2D eigenvalue weighted by molar-refractivity contribution is -0.145. The largest absolute Gasteiger partial charge is 0.493 e. The van der Waals surface area contributed by atoms with Crippen LogP contribution in [0.1, 0.15) is 60.9 Å².